The number of aliphatic hydroxyl groups excluding tert-OH is 1. The highest BCUT2D eigenvalue weighted by Crippen LogP contribution is 2.18. The van der Waals surface area contributed by atoms with Crippen molar-refractivity contribution in [2.24, 2.45) is 0 Å². The molecule has 0 fully saturated rings. The number of aliphatic hydroxyl groups is 1. The van der Waals surface area contributed by atoms with Crippen molar-refractivity contribution >= 4 is 11.3 Å². The molecule has 0 atom stereocenters. The predicted molar refractivity (Wildman–Crippen MR) is 53.2 cm³/mol. The van der Waals surface area contributed by atoms with E-state index < -0.39 is 0 Å². The third kappa shape index (κ3) is 3.06. The second kappa shape index (κ2) is 5.32. The Hall–Kier alpha value is -0.450. The number of aryl methyl sites for hydroxylation is 1. The minimum absolute atomic E-state index is 0.177. The summed E-state index contributed by atoms with van der Waals surface area (Å²) in [5.74, 6) is 0. The number of thiazole rings is 1. The van der Waals surface area contributed by atoms with Crippen molar-refractivity contribution in [3.63, 3.8) is 0 Å². The van der Waals surface area contributed by atoms with Gasteiger partial charge in [-0.3, -0.25) is 0 Å². The van der Waals surface area contributed by atoms with Crippen LogP contribution >= 0.6 is 11.3 Å². The predicted octanol–water partition coefficient (Wildman–Crippen LogP) is 1.18. The number of rotatable bonds is 5. The number of nitrogens with zero attached hydrogens (tertiary/aromatic N) is 1. The molecule has 0 spiro atoms. The van der Waals surface area contributed by atoms with Gasteiger partial charge >= 0.3 is 0 Å². The van der Waals surface area contributed by atoms with Crippen LogP contribution in [0.3, 0.4) is 0 Å². The van der Waals surface area contributed by atoms with E-state index in [-0.39, 0.29) is 6.61 Å². The van der Waals surface area contributed by atoms with Crippen LogP contribution < -0.4 is 0 Å². The molecule has 3 nitrogen and oxygen atoms in total. The summed E-state index contributed by atoms with van der Waals surface area (Å²) >= 11 is 1.67. The molecule has 0 saturated heterocycles. The molecule has 0 saturated carbocycles. The summed E-state index contributed by atoms with van der Waals surface area (Å²) in [6.07, 6.45) is 1.59. The summed E-state index contributed by atoms with van der Waals surface area (Å²) in [6, 6.07) is 0. The van der Waals surface area contributed by atoms with Crippen molar-refractivity contribution in [2.45, 2.75) is 19.8 Å². The Morgan fingerprint density at radius 2 is 2.23 bits per heavy atom. The van der Waals surface area contributed by atoms with Crippen molar-refractivity contribution in [3.05, 3.63) is 15.6 Å². The van der Waals surface area contributed by atoms with Gasteiger partial charge in [-0.05, 0) is 6.92 Å². The molecule has 1 aromatic rings. The molecule has 1 N–H and O–H groups in total. The highest BCUT2D eigenvalue weighted by molar-refractivity contribution is 7.11. The third-order valence-corrected chi connectivity index (χ3v) is 3.07. The highest BCUT2D eigenvalue weighted by Gasteiger charge is 2.06. The van der Waals surface area contributed by atoms with Gasteiger partial charge in [-0.25, -0.2) is 4.98 Å². The first-order valence-corrected chi connectivity index (χ1v) is 5.14. The van der Waals surface area contributed by atoms with E-state index in [1.807, 2.05) is 6.92 Å². The number of hydrogen-bond donors (Lipinski definition) is 1. The van der Waals surface area contributed by atoms with Crippen molar-refractivity contribution in [3.8, 4) is 0 Å². The lowest BCUT2D eigenvalue weighted by Gasteiger charge is -1.95. The maximum atomic E-state index is 8.74. The minimum atomic E-state index is 0.177. The Bertz CT molecular complexity index is 260. The van der Waals surface area contributed by atoms with E-state index in [4.69, 9.17) is 9.84 Å². The van der Waals surface area contributed by atoms with E-state index in [0.717, 1.165) is 23.7 Å². The van der Waals surface area contributed by atoms with Crippen LogP contribution in [0.2, 0.25) is 0 Å². The van der Waals surface area contributed by atoms with E-state index in [1.165, 1.54) is 4.88 Å². The zero-order chi connectivity index (χ0) is 9.68. The maximum Gasteiger partial charge on any atom is 0.0953 e. The SMILES string of the molecule is COCCc1sc(CCO)nc1C. The molecule has 0 aliphatic heterocycles. The van der Waals surface area contributed by atoms with Crippen molar-refractivity contribution in [1.82, 2.24) is 4.98 Å². The van der Waals surface area contributed by atoms with Crippen LogP contribution in [0.4, 0.5) is 0 Å². The lowest BCUT2D eigenvalue weighted by molar-refractivity contribution is 0.203. The molecule has 0 aliphatic rings. The number of methoxy groups -OCH3 is 1. The number of ether oxygens (including phenoxy) is 1. The Balaban J connectivity index is 2.60. The third-order valence-electron chi connectivity index (χ3n) is 1.80. The maximum absolute atomic E-state index is 8.74. The second-order valence-electron chi connectivity index (χ2n) is 2.83. The lowest BCUT2D eigenvalue weighted by atomic mass is 10.3. The van der Waals surface area contributed by atoms with Gasteiger partial charge < -0.3 is 9.84 Å². The van der Waals surface area contributed by atoms with E-state index in [1.54, 1.807) is 18.4 Å². The first kappa shape index (κ1) is 10.6. The molecule has 1 aromatic heterocycles. The summed E-state index contributed by atoms with van der Waals surface area (Å²) in [7, 11) is 1.70. The molecule has 13 heavy (non-hydrogen) atoms. The average Bonchev–Trinajstić information content (AvgIpc) is 2.44. The Kier molecular flexibility index (Phi) is 4.35. The van der Waals surface area contributed by atoms with Gasteiger partial charge in [0.25, 0.3) is 0 Å². The van der Waals surface area contributed by atoms with Gasteiger partial charge in [0.1, 0.15) is 0 Å². The second-order valence-corrected chi connectivity index (χ2v) is 4.00. The highest BCUT2D eigenvalue weighted by atomic mass is 32.1. The Labute approximate surface area is 82.4 Å². The monoisotopic (exact) mass is 201 g/mol. The van der Waals surface area contributed by atoms with Crippen molar-refractivity contribution in [1.29, 1.82) is 0 Å². The molecule has 1 heterocycles. The fraction of sp³-hybridized carbons (Fsp3) is 0.667. The zero-order valence-corrected chi connectivity index (χ0v) is 8.86. The number of hydrogen-bond acceptors (Lipinski definition) is 4. The standard InChI is InChI=1S/C9H15NO2S/c1-7-8(4-6-12-2)13-9(10-7)3-5-11/h11H,3-6H2,1-2H3. The summed E-state index contributed by atoms with van der Waals surface area (Å²) in [4.78, 5) is 5.63. The van der Waals surface area contributed by atoms with Gasteiger partial charge in [0.05, 0.1) is 17.3 Å². The van der Waals surface area contributed by atoms with E-state index in [9.17, 15) is 0 Å². The zero-order valence-electron chi connectivity index (χ0n) is 8.04. The smallest absolute Gasteiger partial charge is 0.0953 e. The molecule has 0 bridgehead atoms. The van der Waals surface area contributed by atoms with Gasteiger partial charge in [-0.1, -0.05) is 0 Å². The summed E-state index contributed by atoms with van der Waals surface area (Å²) in [5.41, 5.74) is 1.07. The Morgan fingerprint density at radius 1 is 1.46 bits per heavy atom. The first-order chi connectivity index (χ1) is 6.27. The van der Waals surface area contributed by atoms with Gasteiger partial charge in [0, 0.05) is 31.4 Å². The van der Waals surface area contributed by atoms with E-state index >= 15 is 0 Å². The molecular formula is C9H15NO2S. The molecule has 1 rings (SSSR count). The van der Waals surface area contributed by atoms with Gasteiger partial charge in [-0.2, -0.15) is 0 Å². The number of aromatic nitrogens is 1. The molecular weight excluding hydrogens is 186 g/mol. The van der Waals surface area contributed by atoms with Crippen LogP contribution in [-0.4, -0.2) is 30.4 Å². The fourth-order valence-corrected chi connectivity index (χ4v) is 2.16. The largest absolute Gasteiger partial charge is 0.396 e. The molecule has 4 heteroatoms. The van der Waals surface area contributed by atoms with Gasteiger partial charge in [0.15, 0.2) is 0 Å². The van der Waals surface area contributed by atoms with E-state index in [0.29, 0.717) is 6.42 Å². The molecule has 0 unspecified atom stereocenters. The molecule has 0 aliphatic carbocycles. The summed E-state index contributed by atoms with van der Waals surface area (Å²) in [5, 5.41) is 9.76. The topological polar surface area (TPSA) is 42.4 Å². The van der Waals surface area contributed by atoms with Crippen molar-refractivity contribution < 1.29 is 9.84 Å². The van der Waals surface area contributed by atoms with Gasteiger partial charge in [-0.15, -0.1) is 11.3 Å². The van der Waals surface area contributed by atoms with Gasteiger partial charge in [0.2, 0.25) is 0 Å². The summed E-state index contributed by atoms with van der Waals surface area (Å²) < 4.78 is 5.00. The first-order valence-electron chi connectivity index (χ1n) is 4.33. The molecule has 0 aromatic carbocycles. The Morgan fingerprint density at radius 3 is 2.85 bits per heavy atom. The van der Waals surface area contributed by atoms with Crippen LogP contribution in [0.1, 0.15) is 15.6 Å². The van der Waals surface area contributed by atoms with Crippen LogP contribution in [-0.2, 0) is 17.6 Å². The molecule has 74 valence electrons. The summed E-state index contributed by atoms with van der Waals surface area (Å²) in [6.45, 7) is 2.92. The van der Waals surface area contributed by atoms with Crippen LogP contribution in [0.15, 0.2) is 0 Å². The quantitative estimate of drug-likeness (QED) is 0.777. The average molecular weight is 201 g/mol. The fourth-order valence-electron chi connectivity index (χ4n) is 1.12. The van der Waals surface area contributed by atoms with Crippen LogP contribution in [0.5, 0.6) is 0 Å². The normalized spacial score (nSPS) is 10.7. The van der Waals surface area contributed by atoms with Crippen LogP contribution in [0.25, 0.3) is 0 Å². The molecule has 0 radical (unpaired) electrons. The molecule has 0 amide bonds. The van der Waals surface area contributed by atoms with Crippen molar-refractivity contribution in [2.75, 3.05) is 20.3 Å². The lowest BCUT2D eigenvalue weighted by Crippen LogP contribution is -1.93. The van der Waals surface area contributed by atoms with E-state index in [2.05, 4.69) is 4.98 Å². The van der Waals surface area contributed by atoms with Crippen LogP contribution in [0, 0.1) is 6.92 Å². The minimum Gasteiger partial charge on any atom is -0.396 e.